The van der Waals surface area contributed by atoms with E-state index in [2.05, 4.69) is 10.6 Å². The van der Waals surface area contributed by atoms with E-state index in [9.17, 15) is 14.4 Å². The highest BCUT2D eigenvalue weighted by molar-refractivity contribution is 6.35. The van der Waals surface area contributed by atoms with Crippen molar-refractivity contribution >= 4 is 23.8 Å². The van der Waals surface area contributed by atoms with E-state index in [4.69, 9.17) is 4.42 Å². The van der Waals surface area contributed by atoms with Gasteiger partial charge in [0.25, 0.3) is 0 Å². The third kappa shape index (κ3) is 7.26. The lowest BCUT2D eigenvalue weighted by Crippen LogP contribution is -2.45. The van der Waals surface area contributed by atoms with Gasteiger partial charge < -0.3 is 24.9 Å². The summed E-state index contributed by atoms with van der Waals surface area (Å²) < 4.78 is 5.17. The molecule has 0 aliphatic carbocycles. The molecule has 0 atom stereocenters. The number of carbonyl (C=O) groups excluding carboxylic acids is 3. The Morgan fingerprint density at radius 2 is 1.93 bits per heavy atom. The Bertz CT molecular complexity index is 647. The maximum Gasteiger partial charge on any atom is 0.309 e. The van der Waals surface area contributed by atoms with Crippen molar-refractivity contribution < 1.29 is 18.8 Å². The van der Waals surface area contributed by atoms with Crippen LogP contribution in [-0.2, 0) is 14.4 Å². The van der Waals surface area contributed by atoms with Crippen LogP contribution in [0.25, 0.3) is 6.08 Å². The third-order valence-electron chi connectivity index (χ3n) is 4.46. The molecular formula is C19H28N4O4. The predicted octanol–water partition coefficient (Wildman–Crippen LogP) is 0.325. The lowest BCUT2D eigenvalue weighted by atomic mass is 9.96. The molecule has 8 nitrogen and oxygen atoms in total. The molecule has 1 fully saturated rings. The standard InChI is InChI=1S/C19H28N4O4/c1-22(2)12-9-20-18(25)19(26)21-14-15-7-10-23(11-8-15)17(24)6-5-16-4-3-13-27-16/h3-6,13,15H,7-12,14H2,1-2H3,(H,20,25)(H,21,26)/b6-5+. The molecule has 0 saturated carbocycles. The molecule has 1 aromatic heterocycles. The van der Waals surface area contributed by atoms with Crippen LogP contribution in [0.4, 0.5) is 0 Å². The SMILES string of the molecule is CN(C)CCNC(=O)C(=O)NCC1CCN(C(=O)/C=C/c2ccco2)CC1. The number of rotatable bonds is 7. The summed E-state index contributed by atoms with van der Waals surface area (Å²) in [5.74, 6) is -0.346. The second kappa shape index (κ2) is 10.5. The van der Waals surface area contributed by atoms with E-state index < -0.39 is 11.8 Å². The van der Waals surface area contributed by atoms with E-state index >= 15 is 0 Å². The van der Waals surface area contributed by atoms with Crippen LogP contribution in [0.2, 0.25) is 0 Å². The van der Waals surface area contributed by atoms with E-state index in [0.717, 1.165) is 12.8 Å². The Morgan fingerprint density at radius 1 is 1.22 bits per heavy atom. The Kier molecular flexibility index (Phi) is 8.06. The Hall–Kier alpha value is -2.61. The van der Waals surface area contributed by atoms with Gasteiger partial charge in [-0.15, -0.1) is 0 Å². The summed E-state index contributed by atoms with van der Waals surface area (Å²) in [6.07, 6.45) is 6.32. The molecule has 0 bridgehead atoms. The van der Waals surface area contributed by atoms with E-state index in [1.165, 1.54) is 6.08 Å². The minimum atomic E-state index is -0.604. The largest absolute Gasteiger partial charge is 0.465 e. The molecule has 1 saturated heterocycles. The van der Waals surface area contributed by atoms with E-state index in [-0.39, 0.29) is 11.8 Å². The lowest BCUT2D eigenvalue weighted by Gasteiger charge is -2.31. The minimum absolute atomic E-state index is 0.0471. The Balaban J connectivity index is 1.64. The second-order valence-corrected chi connectivity index (χ2v) is 6.89. The first-order valence-corrected chi connectivity index (χ1v) is 9.17. The molecule has 2 N–H and O–H groups in total. The normalized spacial score (nSPS) is 15.3. The van der Waals surface area contributed by atoms with Gasteiger partial charge in [-0.3, -0.25) is 14.4 Å². The maximum atomic E-state index is 12.2. The van der Waals surface area contributed by atoms with Crippen LogP contribution in [0.5, 0.6) is 0 Å². The summed E-state index contributed by atoms with van der Waals surface area (Å²) in [6.45, 7) is 2.84. The number of hydrogen-bond acceptors (Lipinski definition) is 5. The monoisotopic (exact) mass is 376 g/mol. The van der Waals surface area contributed by atoms with Crippen molar-refractivity contribution in [1.29, 1.82) is 0 Å². The Labute approximate surface area is 159 Å². The van der Waals surface area contributed by atoms with Gasteiger partial charge in [0.05, 0.1) is 6.26 Å². The van der Waals surface area contributed by atoms with Gasteiger partial charge in [0, 0.05) is 38.8 Å². The van der Waals surface area contributed by atoms with Gasteiger partial charge in [-0.05, 0) is 51.1 Å². The topological polar surface area (TPSA) is 94.9 Å². The molecule has 2 rings (SSSR count). The van der Waals surface area contributed by atoms with Crippen molar-refractivity contribution in [3.63, 3.8) is 0 Å². The molecule has 27 heavy (non-hydrogen) atoms. The first-order valence-electron chi connectivity index (χ1n) is 9.17. The van der Waals surface area contributed by atoms with Crippen LogP contribution in [0.1, 0.15) is 18.6 Å². The first kappa shape index (κ1) is 20.7. The van der Waals surface area contributed by atoms with Gasteiger partial charge >= 0.3 is 11.8 Å². The number of furan rings is 1. The molecule has 8 heteroatoms. The van der Waals surface area contributed by atoms with Crippen molar-refractivity contribution in [1.82, 2.24) is 20.4 Å². The summed E-state index contributed by atoms with van der Waals surface area (Å²) in [5.41, 5.74) is 0. The minimum Gasteiger partial charge on any atom is -0.465 e. The van der Waals surface area contributed by atoms with Crippen molar-refractivity contribution in [3.8, 4) is 0 Å². The number of carbonyl (C=O) groups is 3. The number of likely N-dealkylation sites (N-methyl/N-ethyl adjacent to an activating group) is 1. The second-order valence-electron chi connectivity index (χ2n) is 6.89. The highest BCUT2D eigenvalue weighted by atomic mass is 16.3. The van der Waals surface area contributed by atoms with E-state index in [1.807, 2.05) is 19.0 Å². The molecule has 1 aromatic rings. The Morgan fingerprint density at radius 3 is 2.56 bits per heavy atom. The number of amides is 3. The third-order valence-corrected chi connectivity index (χ3v) is 4.46. The van der Waals surface area contributed by atoms with Gasteiger partial charge in [0.2, 0.25) is 5.91 Å². The number of piperidine rings is 1. The molecule has 2 heterocycles. The van der Waals surface area contributed by atoms with Gasteiger partial charge in [-0.2, -0.15) is 0 Å². The number of hydrogen-bond donors (Lipinski definition) is 2. The van der Waals surface area contributed by atoms with Crippen LogP contribution in [0, 0.1) is 5.92 Å². The fraction of sp³-hybridized carbons (Fsp3) is 0.526. The fourth-order valence-electron chi connectivity index (χ4n) is 2.79. The lowest BCUT2D eigenvalue weighted by molar-refractivity contribution is -0.139. The summed E-state index contributed by atoms with van der Waals surface area (Å²) in [4.78, 5) is 39.4. The van der Waals surface area contributed by atoms with Crippen LogP contribution >= 0.6 is 0 Å². The van der Waals surface area contributed by atoms with Crippen molar-refractivity contribution in [3.05, 3.63) is 30.2 Å². The van der Waals surface area contributed by atoms with E-state index in [0.29, 0.717) is 38.5 Å². The summed E-state index contributed by atoms with van der Waals surface area (Å²) in [5, 5.41) is 5.27. The van der Waals surface area contributed by atoms with Crippen molar-refractivity contribution in [2.75, 3.05) is 46.8 Å². The molecule has 1 aliphatic rings. The van der Waals surface area contributed by atoms with Crippen LogP contribution in [0.3, 0.4) is 0 Å². The smallest absolute Gasteiger partial charge is 0.309 e. The zero-order valence-corrected chi connectivity index (χ0v) is 15.9. The van der Waals surface area contributed by atoms with Gasteiger partial charge in [0.1, 0.15) is 5.76 Å². The fourth-order valence-corrected chi connectivity index (χ4v) is 2.79. The molecular weight excluding hydrogens is 348 g/mol. The molecule has 3 amide bonds. The van der Waals surface area contributed by atoms with Crippen LogP contribution < -0.4 is 10.6 Å². The highest BCUT2D eigenvalue weighted by Crippen LogP contribution is 2.17. The van der Waals surface area contributed by atoms with Crippen molar-refractivity contribution in [2.24, 2.45) is 5.92 Å². The quantitative estimate of drug-likeness (QED) is 0.528. The number of nitrogens with zero attached hydrogens (tertiary/aromatic N) is 2. The average Bonchev–Trinajstić information content (AvgIpc) is 3.17. The van der Waals surface area contributed by atoms with Crippen molar-refractivity contribution in [2.45, 2.75) is 12.8 Å². The predicted molar refractivity (Wildman–Crippen MR) is 102 cm³/mol. The molecule has 1 aliphatic heterocycles. The van der Waals surface area contributed by atoms with Gasteiger partial charge in [-0.1, -0.05) is 0 Å². The van der Waals surface area contributed by atoms with E-state index in [1.54, 1.807) is 29.4 Å². The van der Waals surface area contributed by atoms with Crippen LogP contribution in [-0.4, -0.2) is 74.3 Å². The van der Waals surface area contributed by atoms with Crippen LogP contribution in [0.15, 0.2) is 28.9 Å². The summed E-state index contributed by atoms with van der Waals surface area (Å²) >= 11 is 0. The molecule has 148 valence electrons. The van der Waals surface area contributed by atoms with Gasteiger partial charge in [-0.25, -0.2) is 0 Å². The highest BCUT2D eigenvalue weighted by Gasteiger charge is 2.23. The molecule has 0 radical (unpaired) electrons. The van der Waals surface area contributed by atoms with Gasteiger partial charge in [0.15, 0.2) is 0 Å². The zero-order chi connectivity index (χ0) is 19.6. The molecule has 0 aromatic carbocycles. The summed E-state index contributed by atoms with van der Waals surface area (Å²) in [7, 11) is 3.80. The summed E-state index contributed by atoms with van der Waals surface area (Å²) in [6, 6.07) is 3.56. The maximum absolute atomic E-state index is 12.2. The average molecular weight is 376 g/mol. The number of likely N-dealkylation sites (tertiary alicyclic amines) is 1. The zero-order valence-electron chi connectivity index (χ0n) is 15.9. The molecule has 0 spiro atoms. The number of nitrogens with one attached hydrogen (secondary N) is 2. The molecule has 0 unspecified atom stereocenters. The first-order chi connectivity index (χ1) is 13.0.